The first-order valence-electron chi connectivity index (χ1n) is 10.7. The van der Waals surface area contributed by atoms with Crippen LogP contribution in [0.15, 0.2) is 30.5 Å². The fourth-order valence-electron chi connectivity index (χ4n) is 4.19. The number of hydrogen-bond acceptors (Lipinski definition) is 7. The van der Waals surface area contributed by atoms with Crippen molar-refractivity contribution in [3.8, 4) is 11.3 Å². The lowest BCUT2D eigenvalue weighted by molar-refractivity contribution is 0.0383. The highest BCUT2D eigenvalue weighted by Gasteiger charge is 2.16. The Morgan fingerprint density at radius 2 is 1.73 bits per heavy atom. The van der Waals surface area contributed by atoms with Crippen molar-refractivity contribution in [2.24, 2.45) is 7.05 Å². The number of anilines is 1. The van der Waals surface area contributed by atoms with Crippen LogP contribution in [0.2, 0.25) is 0 Å². The first-order valence-corrected chi connectivity index (χ1v) is 10.7. The van der Waals surface area contributed by atoms with E-state index in [1.165, 1.54) is 5.39 Å². The van der Waals surface area contributed by atoms with Crippen LogP contribution in [0.25, 0.3) is 22.2 Å². The van der Waals surface area contributed by atoms with E-state index in [9.17, 15) is 0 Å². The highest BCUT2D eigenvalue weighted by atomic mass is 16.5. The summed E-state index contributed by atoms with van der Waals surface area (Å²) in [6, 6.07) is 8.49. The van der Waals surface area contributed by atoms with E-state index in [1.807, 2.05) is 24.0 Å². The van der Waals surface area contributed by atoms with E-state index in [-0.39, 0.29) is 0 Å². The molecule has 0 radical (unpaired) electrons. The van der Waals surface area contributed by atoms with Crippen molar-refractivity contribution >= 4 is 16.9 Å². The molecule has 2 aliphatic rings. The molecule has 0 unspecified atom stereocenters. The van der Waals surface area contributed by atoms with Gasteiger partial charge in [0.25, 0.3) is 0 Å². The number of aryl methyl sites for hydroxylation is 1. The first kappa shape index (κ1) is 19.4. The van der Waals surface area contributed by atoms with Gasteiger partial charge in [0.2, 0.25) is 5.95 Å². The van der Waals surface area contributed by atoms with Gasteiger partial charge in [-0.3, -0.25) is 9.58 Å². The molecule has 0 saturated carbocycles. The van der Waals surface area contributed by atoms with Crippen LogP contribution >= 0.6 is 0 Å². The molecule has 0 atom stereocenters. The zero-order valence-corrected chi connectivity index (χ0v) is 17.5. The van der Waals surface area contributed by atoms with Crippen molar-refractivity contribution in [1.82, 2.24) is 24.6 Å². The van der Waals surface area contributed by atoms with Crippen LogP contribution in [0.4, 0.5) is 5.95 Å². The Morgan fingerprint density at radius 1 is 0.967 bits per heavy atom. The predicted octanol–water partition coefficient (Wildman–Crippen LogP) is 1.74. The largest absolute Gasteiger partial charge is 0.379 e. The molecular formula is C22H28N6O2. The summed E-state index contributed by atoms with van der Waals surface area (Å²) in [5.41, 5.74) is 4.31. The quantitative estimate of drug-likeness (QED) is 0.637. The van der Waals surface area contributed by atoms with Gasteiger partial charge < -0.3 is 14.4 Å². The topological polar surface area (TPSA) is 68.5 Å². The maximum absolute atomic E-state index is 5.45. The van der Waals surface area contributed by atoms with Crippen molar-refractivity contribution in [2.45, 2.75) is 6.42 Å². The van der Waals surface area contributed by atoms with Crippen molar-refractivity contribution in [3.05, 3.63) is 36.2 Å². The number of fused-ring (bicyclic) bond motifs is 1. The molecule has 2 aromatic heterocycles. The van der Waals surface area contributed by atoms with E-state index < -0.39 is 0 Å². The fourth-order valence-corrected chi connectivity index (χ4v) is 4.19. The van der Waals surface area contributed by atoms with Gasteiger partial charge in [-0.05, 0) is 12.1 Å². The van der Waals surface area contributed by atoms with Crippen LogP contribution in [-0.4, -0.2) is 83.8 Å². The molecule has 0 bridgehead atoms. The van der Waals surface area contributed by atoms with Crippen molar-refractivity contribution in [1.29, 1.82) is 0 Å². The Morgan fingerprint density at radius 3 is 2.53 bits per heavy atom. The van der Waals surface area contributed by atoms with Gasteiger partial charge in [0.1, 0.15) is 0 Å². The molecule has 5 rings (SSSR count). The Bertz CT molecular complexity index is 1010. The summed E-state index contributed by atoms with van der Waals surface area (Å²) >= 11 is 0. The summed E-state index contributed by atoms with van der Waals surface area (Å²) in [6.07, 6.45) is 2.79. The lowest BCUT2D eigenvalue weighted by Gasteiger charge is -2.26. The molecule has 30 heavy (non-hydrogen) atoms. The average molecular weight is 409 g/mol. The minimum atomic E-state index is 0.724. The second-order valence-corrected chi connectivity index (χ2v) is 7.85. The summed E-state index contributed by atoms with van der Waals surface area (Å²) in [5, 5.41) is 6.02. The van der Waals surface area contributed by atoms with Crippen molar-refractivity contribution < 1.29 is 9.47 Å². The third-order valence-electron chi connectivity index (χ3n) is 5.93. The Hall–Kier alpha value is -2.55. The minimum Gasteiger partial charge on any atom is -0.379 e. The molecule has 1 aromatic carbocycles. The van der Waals surface area contributed by atoms with E-state index in [0.29, 0.717) is 0 Å². The number of benzene rings is 1. The van der Waals surface area contributed by atoms with E-state index in [2.05, 4.69) is 33.0 Å². The number of hydrogen-bond donors (Lipinski definition) is 0. The Balaban J connectivity index is 1.38. The van der Waals surface area contributed by atoms with Crippen LogP contribution < -0.4 is 4.90 Å². The van der Waals surface area contributed by atoms with Crippen LogP contribution in [0.3, 0.4) is 0 Å². The van der Waals surface area contributed by atoms with E-state index >= 15 is 0 Å². The Labute approximate surface area is 176 Å². The van der Waals surface area contributed by atoms with Crippen molar-refractivity contribution in [3.63, 3.8) is 0 Å². The molecule has 3 aromatic rings. The van der Waals surface area contributed by atoms with Gasteiger partial charge in [0.05, 0.1) is 43.3 Å². The number of nitrogens with zero attached hydrogens (tertiary/aromatic N) is 6. The number of aromatic nitrogens is 4. The molecule has 0 N–H and O–H groups in total. The average Bonchev–Trinajstić information content (AvgIpc) is 3.14. The maximum atomic E-state index is 5.45. The monoisotopic (exact) mass is 408 g/mol. The number of ether oxygens (including phenoxy) is 2. The molecule has 0 amide bonds. The SMILES string of the molecule is Cn1nc(CCN2CCOCC2)c2ccc(-c3ccnc(N4CCOCC4)n3)cc21. The van der Waals surface area contributed by atoms with Crippen LogP contribution in [0.1, 0.15) is 5.69 Å². The van der Waals surface area contributed by atoms with Gasteiger partial charge in [0.15, 0.2) is 0 Å². The number of morpholine rings is 2. The summed E-state index contributed by atoms with van der Waals surface area (Å²) in [5.74, 6) is 0.770. The molecule has 2 saturated heterocycles. The van der Waals surface area contributed by atoms with Gasteiger partial charge in [-0.1, -0.05) is 12.1 Å². The van der Waals surface area contributed by atoms with Crippen LogP contribution in [-0.2, 0) is 22.9 Å². The summed E-state index contributed by atoms with van der Waals surface area (Å²) < 4.78 is 12.9. The Kier molecular flexibility index (Phi) is 5.61. The molecule has 4 heterocycles. The zero-order valence-electron chi connectivity index (χ0n) is 17.5. The minimum absolute atomic E-state index is 0.724. The maximum Gasteiger partial charge on any atom is 0.226 e. The smallest absolute Gasteiger partial charge is 0.226 e. The third-order valence-corrected chi connectivity index (χ3v) is 5.93. The van der Waals surface area contributed by atoms with E-state index in [4.69, 9.17) is 19.6 Å². The molecule has 158 valence electrons. The van der Waals surface area contributed by atoms with Gasteiger partial charge in [-0.2, -0.15) is 5.10 Å². The zero-order chi connectivity index (χ0) is 20.3. The first-order chi connectivity index (χ1) is 14.8. The molecule has 8 heteroatoms. The fraction of sp³-hybridized carbons (Fsp3) is 0.500. The summed E-state index contributed by atoms with van der Waals surface area (Å²) in [7, 11) is 2.02. The summed E-state index contributed by atoms with van der Waals surface area (Å²) in [6.45, 7) is 7.81. The van der Waals surface area contributed by atoms with Crippen LogP contribution in [0, 0.1) is 0 Å². The van der Waals surface area contributed by atoms with E-state index in [1.54, 1.807) is 0 Å². The van der Waals surface area contributed by atoms with Crippen LogP contribution in [0.5, 0.6) is 0 Å². The molecule has 2 fully saturated rings. The second kappa shape index (κ2) is 8.67. The molecular weight excluding hydrogens is 380 g/mol. The number of rotatable bonds is 5. The van der Waals surface area contributed by atoms with E-state index in [0.717, 1.165) is 94.0 Å². The molecule has 0 aliphatic carbocycles. The molecule has 2 aliphatic heterocycles. The van der Waals surface area contributed by atoms with Gasteiger partial charge in [-0.25, -0.2) is 9.97 Å². The highest BCUT2D eigenvalue weighted by molar-refractivity contribution is 5.86. The third kappa shape index (κ3) is 4.03. The lowest BCUT2D eigenvalue weighted by Crippen LogP contribution is -2.37. The highest BCUT2D eigenvalue weighted by Crippen LogP contribution is 2.26. The molecule has 0 spiro atoms. The van der Waals surface area contributed by atoms with Gasteiger partial charge >= 0.3 is 0 Å². The summed E-state index contributed by atoms with van der Waals surface area (Å²) in [4.78, 5) is 13.9. The van der Waals surface area contributed by atoms with Crippen molar-refractivity contribution in [2.75, 3.05) is 64.1 Å². The van der Waals surface area contributed by atoms with Gasteiger partial charge in [0, 0.05) is 63.3 Å². The standard InChI is InChI=1S/C22H28N6O2/c1-26-21-16-17(19-4-6-23-22(24-19)28-10-14-30-15-11-28)2-3-18(21)20(25-26)5-7-27-8-12-29-13-9-27/h2-4,6,16H,5,7-15H2,1H3. The van der Waals surface area contributed by atoms with Gasteiger partial charge in [-0.15, -0.1) is 0 Å². The molecule has 8 nitrogen and oxygen atoms in total. The normalized spacial score (nSPS) is 18.2. The lowest BCUT2D eigenvalue weighted by atomic mass is 10.1. The second-order valence-electron chi connectivity index (χ2n) is 7.85. The predicted molar refractivity (Wildman–Crippen MR) is 116 cm³/mol.